The number of nitrogens with zero attached hydrogens (tertiary/aromatic N) is 1. The number of nitrogens with one attached hydrogen (secondary N) is 1. The highest BCUT2D eigenvalue weighted by Crippen LogP contribution is 2.50. The van der Waals surface area contributed by atoms with Crippen molar-refractivity contribution in [1.82, 2.24) is 10.2 Å². The van der Waals surface area contributed by atoms with Gasteiger partial charge in [0.05, 0.1) is 13.2 Å². The second kappa shape index (κ2) is 4.00. The fraction of sp³-hybridized carbons (Fsp3) is 0.500. The summed E-state index contributed by atoms with van der Waals surface area (Å²) in [7, 11) is 3.62. The number of methoxy groups -OCH3 is 1. The SMILES string of the molecule is COc1cccc2c1OC1(C)C(C)C2NC(=S)N1C. The van der Waals surface area contributed by atoms with Gasteiger partial charge in [0, 0.05) is 18.5 Å². The molecule has 0 saturated carbocycles. The third-order valence-electron chi connectivity index (χ3n) is 4.47. The van der Waals surface area contributed by atoms with Gasteiger partial charge >= 0.3 is 0 Å². The minimum atomic E-state index is -0.450. The third-order valence-corrected chi connectivity index (χ3v) is 4.86. The molecular formula is C14H18N2O2S. The Bertz CT molecular complexity index is 548. The number of thiocarbonyl (C=S) groups is 1. The second-order valence-corrected chi connectivity index (χ2v) is 5.70. The Balaban J connectivity index is 2.19. The van der Waals surface area contributed by atoms with Crippen LogP contribution in [-0.4, -0.2) is 29.9 Å². The minimum Gasteiger partial charge on any atom is -0.493 e. The van der Waals surface area contributed by atoms with Crippen molar-refractivity contribution in [3.05, 3.63) is 23.8 Å². The molecule has 0 radical (unpaired) electrons. The molecule has 0 spiro atoms. The summed E-state index contributed by atoms with van der Waals surface area (Å²) in [5.74, 6) is 1.87. The van der Waals surface area contributed by atoms with E-state index in [1.54, 1.807) is 7.11 Å². The lowest BCUT2D eigenvalue weighted by Gasteiger charge is -2.55. The van der Waals surface area contributed by atoms with E-state index in [9.17, 15) is 0 Å². The van der Waals surface area contributed by atoms with Crippen LogP contribution in [0.25, 0.3) is 0 Å². The van der Waals surface area contributed by atoms with Crippen molar-refractivity contribution in [2.45, 2.75) is 25.6 Å². The fourth-order valence-corrected chi connectivity index (χ4v) is 3.24. The maximum atomic E-state index is 6.28. The molecule has 102 valence electrons. The molecule has 1 aromatic rings. The van der Waals surface area contributed by atoms with Crippen molar-refractivity contribution in [3.63, 3.8) is 0 Å². The number of rotatable bonds is 1. The van der Waals surface area contributed by atoms with Gasteiger partial charge in [-0.3, -0.25) is 0 Å². The quantitative estimate of drug-likeness (QED) is 0.797. The van der Waals surface area contributed by atoms with Gasteiger partial charge in [0.25, 0.3) is 0 Å². The van der Waals surface area contributed by atoms with Gasteiger partial charge in [-0.25, -0.2) is 0 Å². The Kier molecular flexibility index (Phi) is 2.64. The number of fused-ring (bicyclic) bond motifs is 4. The molecule has 0 amide bonds. The maximum Gasteiger partial charge on any atom is 0.186 e. The summed E-state index contributed by atoms with van der Waals surface area (Å²) < 4.78 is 11.7. The molecule has 1 fully saturated rings. The molecule has 0 aromatic heterocycles. The Morgan fingerprint density at radius 3 is 2.89 bits per heavy atom. The summed E-state index contributed by atoms with van der Waals surface area (Å²) >= 11 is 5.40. The van der Waals surface area contributed by atoms with E-state index >= 15 is 0 Å². The smallest absolute Gasteiger partial charge is 0.186 e. The molecule has 1 aromatic carbocycles. The van der Waals surface area contributed by atoms with Crippen molar-refractivity contribution in [2.75, 3.05) is 14.2 Å². The van der Waals surface area contributed by atoms with E-state index in [2.05, 4.69) is 25.2 Å². The average molecular weight is 278 g/mol. The van der Waals surface area contributed by atoms with Crippen LogP contribution in [0.4, 0.5) is 0 Å². The van der Waals surface area contributed by atoms with Gasteiger partial charge in [0.15, 0.2) is 22.3 Å². The zero-order valence-corrected chi connectivity index (χ0v) is 12.4. The van der Waals surface area contributed by atoms with E-state index in [4.69, 9.17) is 21.7 Å². The van der Waals surface area contributed by atoms with Crippen LogP contribution in [-0.2, 0) is 0 Å². The first kappa shape index (κ1) is 12.5. The molecule has 2 bridgehead atoms. The Morgan fingerprint density at radius 2 is 2.21 bits per heavy atom. The van der Waals surface area contributed by atoms with Crippen LogP contribution in [0.2, 0.25) is 0 Å². The number of ether oxygens (including phenoxy) is 2. The lowest BCUT2D eigenvalue weighted by molar-refractivity contribution is -0.101. The van der Waals surface area contributed by atoms with Crippen molar-refractivity contribution in [1.29, 1.82) is 0 Å². The zero-order valence-electron chi connectivity index (χ0n) is 11.6. The molecule has 3 atom stereocenters. The molecule has 0 aliphatic carbocycles. The van der Waals surface area contributed by atoms with Crippen LogP contribution in [0.3, 0.4) is 0 Å². The molecule has 3 unspecified atom stereocenters. The summed E-state index contributed by atoms with van der Waals surface area (Å²) in [6.07, 6.45) is 0. The van der Waals surface area contributed by atoms with Crippen LogP contribution in [0.15, 0.2) is 18.2 Å². The lowest BCUT2D eigenvalue weighted by Crippen LogP contribution is -2.67. The second-order valence-electron chi connectivity index (χ2n) is 5.31. The van der Waals surface area contributed by atoms with Gasteiger partial charge in [0.1, 0.15) is 0 Å². The van der Waals surface area contributed by atoms with E-state index in [1.165, 1.54) is 0 Å². The first-order valence-electron chi connectivity index (χ1n) is 6.39. The summed E-state index contributed by atoms with van der Waals surface area (Å²) in [6, 6.07) is 6.14. The fourth-order valence-electron chi connectivity index (χ4n) is 2.93. The molecule has 1 N–H and O–H groups in total. The molecule has 5 heteroatoms. The first-order chi connectivity index (χ1) is 8.99. The van der Waals surface area contributed by atoms with Crippen LogP contribution >= 0.6 is 12.2 Å². The molecule has 4 nitrogen and oxygen atoms in total. The molecular weight excluding hydrogens is 260 g/mol. The molecule has 19 heavy (non-hydrogen) atoms. The van der Waals surface area contributed by atoms with Gasteiger partial charge in [-0.2, -0.15) is 0 Å². The molecule has 2 aliphatic rings. The van der Waals surface area contributed by atoms with Crippen molar-refractivity contribution in [3.8, 4) is 11.5 Å². The first-order valence-corrected chi connectivity index (χ1v) is 6.80. The van der Waals surface area contributed by atoms with Crippen molar-refractivity contribution >= 4 is 17.3 Å². The number of benzene rings is 1. The number of hydrogen-bond donors (Lipinski definition) is 1. The van der Waals surface area contributed by atoms with Crippen LogP contribution in [0, 0.1) is 5.92 Å². The van der Waals surface area contributed by atoms with E-state index < -0.39 is 5.72 Å². The molecule has 2 heterocycles. The van der Waals surface area contributed by atoms with E-state index in [0.717, 1.165) is 22.2 Å². The van der Waals surface area contributed by atoms with Crippen LogP contribution in [0.1, 0.15) is 25.5 Å². The topological polar surface area (TPSA) is 33.7 Å². The van der Waals surface area contributed by atoms with Gasteiger partial charge in [-0.15, -0.1) is 0 Å². The normalized spacial score (nSPS) is 32.2. The van der Waals surface area contributed by atoms with Crippen LogP contribution in [0.5, 0.6) is 11.5 Å². The highest BCUT2D eigenvalue weighted by atomic mass is 32.1. The lowest BCUT2D eigenvalue weighted by atomic mass is 9.81. The van der Waals surface area contributed by atoms with Crippen molar-refractivity contribution < 1.29 is 9.47 Å². The molecule has 2 aliphatic heterocycles. The van der Waals surface area contributed by atoms with Crippen molar-refractivity contribution in [2.24, 2.45) is 5.92 Å². The average Bonchev–Trinajstić information content (AvgIpc) is 2.40. The molecule has 3 rings (SSSR count). The van der Waals surface area contributed by atoms with Gasteiger partial charge < -0.3 is 19.7 Å². The summed E-state index contributed by atoms with van der Waals surface area (Å²) in [6.45, 7) is 4.26. The minimum absolute atomic E-state index is 0.160. The van der Waals surface area contributed by atoms with Gasteiger partial charge in [-0.1, -0.05) is 19.1 Å². The van der Waals surface area contributed by atoms with E-state index in [-0.39, 0.29) is 12.0 Å². The van der Waals surface area contributed by atoms with Crippen LogP contribution < -0.4 is 14.8 Å². The molecule has 1 saturated heterocycles. The Morgan fingerprint density at radius 1 is 1.47 bits per heavy atom. The summed E-state index contributed by atoms with van der Waals surface area (Å²) in [5.41, 5.74) is 0.661. The zero-order chi connectivity index (χ0) is 13.8. The standard InChI is InChI=1S/C14H18N2O2S/c1-8-11-9-6-5-7-10(17-4)12(9)18-14(8,2)16(3)13(19)15-11/h5-8,11H,1-4H3,(H,15,19). The predicted molar refractivity (Wildman–Crippen MR) is 77.4 cm³/mol. The highest BCUT2D eigenvalue weighted by Gasteiger charge is 2.52. The Hall–Kier alpha value is -1.49. The highest BCUT2D eigenvalue weighted by molar-refractivity contribution is 7.80. The van der Waals surface area contributed by atoms with E-state index in [1.807, 2.05) is 24.1 Å². The number of para-hydroxylation sites is 1. The van der Waals surface area contributed by atoms with Gasteiger partial charge in [0.2, 0.25) is 0 Å². The summed E-state index contributed by atoms with van der Waals surface area (Å²) in [5, 5.41) is 4.12. The number of hydrogen-bond acceptors (Lipinski definition) is 3. The van der Waals surface area contributed by atoms with E-state index in [0.29, 0.717) is 0 Å². The van der Waals surface area contributed by atoms with Gasteiger partial charge in [-0.05, 0) is 25.2 Å². The monoisotopic (exact) mass is 278 g/mol. The predicted octanol–water partition coefficient (Wildman–Crippen LogP) is 2.30. The maximum absolute atomic E-state index is 6.28. The largest absolute Gasteiger partial charge is 0.493 e. The third kappa shape index (κ3) is 1.54. The Labute approximate surface area is 118 Å². The summed E-state index contributed by atoms with van der Waals surface area (Å²) in [4.78, 5) is 1.98.